The highest BCUT2D eigenvalue weighted by atomic mass is 16.5. The number of amides is 1. The maximum absolute atomic E-state index is 11.6. The monoisotopic (exact) mass is 238 g/mol. The minimum Gasteiger partial charge on any atom is -0.364 e. The Morgan fingerprint density at radius 1 is 1.53 bits per heavy atom. The van der Waals surface area contributed by atoms with Crippen LogP contribution in [0.15, 0.2) is 16.9 Å². The van der Waals surface area contributed by atoms with Gasteiger partial charge >= 0.3 is 0 Å². The van der Waals surface area contributed by atoms with E-state index >= 15 is 0 Å². The zero-order valence-electron chi connectivity index (χ0n) is 10.9. The van der Waals surface area contributed by atoms with Gasteiger partial charge in [-0.2, -0.15) is 0 Å². The van der Waals surface area contributed by atoms with Crippen LogP contribution in [0.2, 0.25) is 0 Å². The molecule has 0 radical (unpaired) electrons. The lowest BCUT2D eigenvalue weighted by molar-refractivity contribution is -0.120. The molecule has 0 saturated carbocycles. The van der Waals surface area contributed by atoms with Crippen molar-refractivity contribution in [3.63, 3.8) is 0 Å². The van der Waals surface area contributed by atoms with Gasteiger partial charge in [0.25, 0.3) is 0 Å². The molecule has 0 bridgehead atoms. The van der Waals surface area contributed by atoms with E-state index in [0.717, 1.165) is 19.4 Å². The second-order valence-corrected chi connectivity index (χ2v) is 4.72. The van der Waals surface area contributed by atoms with Gasteiger partial charge in [0.15, 0.2) is 0 Å². The summed E-state index contributed by atoms with van der Waals surface area (Å²) in [6.07, 6.45) is 3.99. The van der Waals surface area contributed by atoms with Gasteiger partial charge in [0.05, 0.1) is 12.1 Å². The van der Waals surface area contributed by atoms with Crippen LogP contribution in [0.1, 0.15) is 39.3 Å². The first-order valence-electron chi connectivity index (χ1n) is 6.29. The highest BCUT2D eigenvalue weighted by molar-refractivity contribution is 5.77. The van der Waals surface area contributed by atoms with Crippen molar-refractivity contribution in [2.45, 2.75) is 40.0 Å². The average Bonchev–Trinajstić information content (AvgIpc) is 2.76. The minimum absolute atomic E-state index is 0.0116. The Balaban J connectivity index is 2.20. The molecule has 1 atom stereocenters. The van der Waals surface area contributed by atoms with Crippen LogP contribution in [0.4, 0.5) is 0 Å². The van der Waals surface area contributed by atoms with Crippen LogP contribution >= 0.6 is 0 Å². The molecule has 0 aliphatic carbocycles. The van der Waals surface area contributed by atoms with Gasteiger partial charge in [0.2, 0.25) is 5.91 Å². The molecule has 17 heavy (non-hydrogen) atoms. The van der Waals surface area contributed by atoms with Crippen LogP contribution in [0.3, 0.4) is 0 Å². The molecule has 1 aromatic heterocycles. The Morgan fingerprint density at radius 2 is 2.29 bits per heavy atom. The van der Waals surface area contributed by atoms with Gasteiger partial charge in [-0.1, -0.05) is 32.3 Å². The molecule has 1 heterocycles. The SMILES string of the molecule is CCC(CCNC(=O)Cc1ccon1)C(C)C. The largest absolute Gasteiger partial charge is 0.364 e. The molecule has 0 aliphatic heterocycles. The molecule has 1 unspecified atom stereocenters. The molecule has 1 N–H and O–H groups in total. The average molecular weight is 238 g/mol. The van der Waals surface area contributed by atoms with E-state index in [0.29, 0.717) is 24.0 Å². The molecule has 0 spiro atoms. The molecule has 4 nitrogen and oxygen atoms in total. The van der Waals surface area contributed by atoms with Crippen molar-refractivity contribution in [1.82, 2.24) is 10.5 Å². The standard InChI is InChI=1S/C13H22N2O2/c1-4-11(10(2)3)5-7-14-13(16)9-12-6-8-17-15-12/h6,8,10-11H,4-5,7,9H2,1-3H3,(H,14,16). The van der Waals surface area contributed by atoms with E-state index in [4.69, 9.17) is 0 Å². The lowest BCUT2D eigenvalue weighted by Gasteiger charge is -2.18. The Bertz CT molecular complexity index is 320. The topological polar surface area (TPSA) is 55.1 Å². The Hall–Kier alpha value is -1.32. The van der Waals surface area contributed by atoms with Crippen LogP contribution in [0.5, 0.6) is 0 Å². The third-order valence-corrected chi connectivity index (χ3v) is 3.14. The number of carbonyl (C=O) groups excluding carboxylic acids is 1. The van der Waals surface area contributed by atoms with E-state index < -0.39 is 0 Å². The highest BCUT2D eigenvalue weighted by Gasteiger charge is 2.11. The van der Waals surface area contributed by atoms with E-state index in [9.17, 15) is 4.79 Å². The number of nitrogens with one attached hydrogen (secondary N) is 1. The molecule has 1 rings (SSSR count). The zero-order valence-corrected chi connectivity index (χ0v) is 10.9. The molecular formula is C13H22N2O2. The van der Waals surface area contributed by atoms with Crippen LogP contribution in [0.25, 0.3) is 0 Å². The number of carbonyl (C=O) groups is 1. The fourth-order valence-corrected chi connectivity index (χ4v) is 1.96. The Labute approximate surface area is 103 Å². The van der Waals surface area contributed by atoms with Gasteiger partial charge in [0, 0.05) is 12.6 Å². The van der Waals surface area contributed by atoms with Gasteiger partial charge in [-0.3, -0.25) is 4.79 Å². The second-order valence-electron chi connectivity index (χ2n) is 4.72. The summed E-state index contributed by atoms with van der Waals surface area (Å²) in [4.78, 5) is 11.6. The normalized spacial score (nSPS) is 12.7. The van der Waals surface area contributed by atoms with Crippen molar-refractivity contribution in [1.29, 1.82) is 0 Å². The van der Waals surface area contributed by atoms with Crippen LogP contribution in [-0.2, 0) is 11.2 Å². The van der Waals surface area contributed by atoms with E-state index in [1.807, 2.05) is 0 Å². The van der Waals surface area contributed by atoms with E-state index in [-0.39, 0.29) is 5.91 Å². The summed E-state index contributed by atoms with van der Waals surface area (Å²) in [5.74, 6) is 1.37. The van der Waals surface area contributed by atoms with Gasteiger partial charge in [-0.15, -0.1) is 0 Å². The summed E-state index contributed by atoms with van der Waals surface area (Å²) in [6, 6.07) is 1.71. The highest BCUT2D eigenvalue weighted by Crippen LogP contribution is 2.17. The summed E-state index contributed by atoms with van der Waals surface area (Å²) in [6.45, 7) is 7.39. The number of hydrogen-bond acceptors (Lipinski definition) is 3. The molecule has 96 valence electrons. The van der Waals surface area contributed by atoms with Crippen molar-refractivity contribution >= 4 is 5.91 Å². The van der Waals surface area contributed by atoms with Crippen molar-refractivity contribution in [3.8, 4) is 0 Å². The first-order chi connectivity index (χ1) is 8.13. The maximum Gasteiger partial charge on any atom is 0.226 e. The van der Waals surface area contributed by atoms with E-state index in [1.165, 1.54) is 6.26 Å². The summed E-state index contributed by atoms with van der Waals surface area (Å²) in [5.41, 5.74) is 0.679. The van der Waals surface area contributed by atoms with Crippen LogP contribution < -0.4 is 5.32 Å². The summed E-state index contributed by atoms with van der Waals surface area (Å²) in [5, 5.41) is 6.63. The van der Waals surface area contributed by atoms with Gasteiger partial charge < -0.3 is 9.84 Å². The molecule has 1 amide bonds. The quantitative estimate of drug-likeness (QED) is 0.793. The Kier molecular flexibility index (Phi) is 5.73. The second kappa shape index (κ2) is 7.09. The fraction of sp³-hybridized carbons (Fsp3) is 0.692. The predicted molar refractivity (Wildman–Crippen MR) is 66.5 cm³/mol. The number of nitrogens with zero attached hydrogens (tertiary/aromatic N) is 1. The molecule has 0 aliphatic rings. The first kappa shape index (κ1) is 13.7. The maximum atomic E-state index is 11.6. The van der Waals surface area contributed by atoms with Crippen LogP contribution in [-0.4, -0.2) is 17.6 Å². The molecule has 4 heteroatoms. The molecule has 0 aromatic carbocycles. The summed E-state index contributed by atoms with van der Waals surface area (Å²) < 4.78 is 4.68. The minimum atomic E-state index is 0.0116. The van der Waals surface area contributed by atoms with Crippen molar-refractivity contribution < 1.29 is 9.32 Å². The summed E-state index contributed by atoms with van der Waals surface area (Å²) in [7, 11) is 0. The van der Waals surface area contributed by atoms with Gasteiger partial charge in [0.1, 0.15) is 6.26 Å². The number of aromatic nitrogens is 1. The third kappa shape index (κ3) is 5.02. The fourth-order valence-electron chi connectivity index (χ4n) is 1.96. The predicted octanol–water partition coefficient (Wildman–Crippen LogP) is 2.41. The summed E-state index contributed by atoms with van der Waals surface area (Å²) >= 11 is 0. The molecular weight excluding hydrogens is 216 g/mol. The van der Waals surface area contributed by atoms with Crippen molar-refractivity contribution in [3.05, 3.63) is 18.0 Å². The van der Waals surface area contributed by atoms with Crippen LogP contribution in [0, 0.1) is 11.8 Å². The van der Waals surface area contributed by atoms with Gasteiger partial charge in [-0.05, 0) is 18.3 Å². The van der Waals surface area contributed by atoms with E-state index in [2.05, 4.69) is 35.8 Å². The van der Waals surface area contributed by atoms with Crippen molar-refractivity contribution in [2.24, 2.45) is 11.8 Å². The number of rotatable bonds is 7. The van der Waals surface area contributed by atoms with Crippen molar-refractivity contribution in [2.75, 3.05) is 6.54 Å². The molecule has 0 saturated heterocycles. The molecule has 0 fully saturated rings. The van der Waals surface area contributed by atoms with Gasteiger partial charge in [-0.25, -0.2) is 0 Å². The lowest BCUT2D eigenvalue weighted by Crippen LogP contribution is -2.28. The smallest absolute Gasteiger partial charge is 0.226 e. The number of hydrogen-bond donors (Lipinski definition) is 1. The molecule has 1 aromatic rings. The lowest BCUT2D eigenvalue weighted by atomic mass is 9.90. The third-order valence-electron chi connectivity index (χ3n) is 3.14. The Morgan fingerprint density at radius 3 is 2.82 bits per heavy atom. The van der Waals surface area contributed by atoms with E-state index in [1.54, 1.807) is 6.07 Å². The first-order valence-corrected chi connectivity index (χ1v) is 6.29. The zero-order chi connectivity index (χ0) is 12.7.